The summed E-state index contributed by atoms with van der Waals surface area (Å²) in [6, 6.07) is 6.32. The Morgan fingerprint density at radius 2 is 2.16 bits per heavy atom. The first-order chi connectivity index (χ1) is 9.28. The predicted octanol–water partition coefficient (Wildman–Crippen LogP) is 2.46. The van der Waals surface area contributed by atoms with Gasteiger partial charge in [-0.25, -0.2) is 0 Å². The van der Waals surface area contributed by atoms with E-state index < -0.39 is 0 Å². The molecule has 0 saturated heterocycles. The van der Waals surface area contributed by atoms with Crippen LogP contribution in [0.3, 0.4) is 0 Å². The molecule has 2 rings (SSSR count). The topological polar surface area (TPSA) is 60.2 Å². The molecule has 0 aliphatic heterocycles. The first kappa shape index (κ1) is 14.0. The van der Waals surface area contributed by atoms with Gasteiger partial charge in [0.15, 0.2) is 0 Å². The number of pyridine rings is 1. The molecule has 0 aromatic carbocycles. The Balaban J connectivity index is 2.19. The minimum atomic E-state index is 0.0290. The van der Waals surface area contributed by atoms with Gasteiger partial charge >= 0.3 is 0 Å². The Labute approximate surface area is 117 Å². The molecule has 0 fully saturated rings. The fourth-order valence-electron chi connectivity index (χ4n) is 2.03. The van der Waals surface area contributed by atoms with Crippen LogP contribution < -0.4 is 16.0 Å². The molecule has 0 bridgehead atoms. The molecule has 0 aliphatic rings. The largest absolute Gasteiger partial charge is 0.495 e. The third-order valence-corrected chi connectivity index (χ3v) is 4.34. The quantitative estimate of drug-likeness (QED) is 0.629. The molecule has 0 radical (unpaired) electrons. The molecular weight excluding hydrogens is 258 g/mol. The van der Waals surface area contributed by atoms with E-state index in [2.05, 4.69) is 29.5 Å². The summed E-state index contributed by atoms with van der Waals surface area (Å²) < 4.78 is 5.34. The molecule has 0 aliphatic carbocycles. The first-order valence-electron chi connectivity index (χ1n) is 6.30. The molecular formula is C14H19N3OS. The van der Waals surface area contributed by atoms with Crippen LogP contribution in [0.25, 0.3) is 0 Å². The molecule has 2 aromatic heterocycles. The molecule has 1 atom stereocenters. The summed E-state index contributed by atoms with van der Waals surface area (Å²) in [6.45, 7) is 2.17. The first-order valence-corrected chi connectivity index (χ1v) is 7.11. The van der Waals surface area contributed by atoms with Crippen molar-refractivity contribution in [2.75, 3.05) is 7.11 Å². The van der Waals surface area contributed by atoms with Gasteiger partial charge in [0, 0.05) is 27.9 Å². The second-order valence-electron chi connectivity index (χ2n) is 4.26. The molecule has 2 heterocycles. The average Bonchev–Trinajstić information content (AvgIpc) is 2.92. The van der Waals surface area contributed by atoms with Crippen LogP contribution in [0.2, 0.25) is 0 Å². The average molecular weight is 277 g/mol. The van der Waals surface area contributed by atoms with Gasteiger partial charge in [0.25, 0.3) is 0 Å². The maximum absolute atomic E-state index is 5.69. The monoisotopic (exact) mass is 277 g/mol. The van der Waals surface area contributed by atoms with Crippen molar-refractivity contribution >= 4 is 11.3 Å². The number of hydrogen-bond acceptors (Lipinski definition) is 5. The van der Waals surface area contributed by atoms with Gasteiger partial charge in [-0.15, -0.1) is 11.3 Å². The summed E-state index contributed by atoms with van der Waals surface area (Å²) in [6.07, 6.45) is 5.39. The van der Waals surface area contributed by atoms with Gasteiger partial charge in [0.2, 0.25) is 0 Å². The molecule has 5 heteroatoms. The Hall–Kier alpha value is -1.43. The number of hydrogen-bond donors (Lipinski definition) is 2. The van der Waals surface area contributed by atoms with E-state index in [0.29, 0.717) is 0 Å². The molecule has 0 spiro atoms. The number of aryl methyl sites for hydroxylation is 1. The second-order valence-corrected chi connectivity index (χ2v) is 5.52. The number of thiophene rings is 1. The van der Waals surface area contributed by atoms with Crippen molar-refractivity contribution in [3.05, 3.63) is 45.9 Å². The van der Waals surface area contributed by atoms with Gasteiger partial charge < -0.3 is 4.74 Å². The van der Waals surface area contributed by atoms with Crippen molar-refractivity contribution in [1.82, 2.24) is 10.4 Å². The number of methoxy groups -OCH3 is 1. The number of rotatable bonds is 6. The fourth-order valence-corrected chi connectivity index (χ4v) is 3.03. The van der Waals surface area contributed by atoms with Crippen LogP contribution in [0.15, 0.2) is 30.6 Å². The van der Waals surface area contributed by atoms with Crippen LogP contribution in [0.1, 0.15) is 28.3 Å². The highest BCUT2D eigenvalue weighted by atomic mass is 32.1. The minimum absolute atomic E-state index is 0.0290. The maximum atomic E-state index is 5.69. The lowest BCUT2D eigenvalue weighted by Gasteiger charge is -2.17. The smallest absolute Gasteiger partial charge is 0.141 e. The zero-order valence-electron chi connectivity index (χ0n) is 11.2. The van der Waals surface area contributed by atoms with E-state index in [0.717, 1.165) is 24.2 Å². The summed E-state index contributed by atoms with van der Waals surface area (Å²) in [7, 11) is 1.65. The highest BCUT2D eigenvalue weighted by Crippen LogP contribution is 2.28. The van der Waals surface area contributed by atoms with Gasteiger partial charge in [-0.05, 0) is 24.6 Å². The van der Waals surface area contributed by atoms with Gasteiger partial charge in [0.05, 0.1) is 19.3 Å². The summed E-state index contributed by atoms with van der Waals surface area (Å²) in [5.74, 6) is 6.46. The molecule has 3 N–H and O–H groups in total. The third-order valence-electron chi connectivity index (χ3n) is 3.08. The van der Waals surface area contributed by atoms with Crippen LogP contribution in [-0.2, 0) is 12.8 Å². The minimum Gasteiger partial charge on any atom is -0.495 e. The number of aromatic nitrogens is 1. The van der Waals surface area contributed by atoms with E-state index in [9.17, 15) is 0 Å². The number of ether oxygens (including phenoxy) is 1. The van der Waals surface area contributed by atoms with Crippen molar-refractivity contribution in [2.45, 2.75) is 25.8 Å². The van der Waals surface area contributed by atoms with Gasteiger partial charge in [-0.3, -0.25) is 16.3 Å². The van der Waals surface area contributed by atoms with E-state index in [4.69, 9.17) is 10.6 Å². The number of nitrogens with zero attached hydrogens (tertiary/aromatic N) is 1. The van der Waals surface area contributed by atoms with Crippen molar-refractivity contribution in [3.63, 3.8) is 0 Å². The second kappa shape index (κ2) is 6.65. The highest BCUT2D eigenvalue weighted by Gasteiger charge is 2.16. The van der Waals surface area contributed by atoms with Gasteiger partial charge in [-0.2, -0.15) is 0 Å². The van der Waals surface area contributed by atoms with Crippen molar-refractivity contribution in [1.29, 1.82) is 0 Å². The molecule has 2 aromatic rings. The van der Waals surface area contributed by atoms with Crippen molar-refractivity contribution in [2.24, 2.45) is 5.84 Å². The van der Waals surface area contributed by atoms with E-state index in [1.54, 1.807) is 19.5 Å². The Morgan fingerprint density at radius 3 is 2.79 bits per heavy atom. The van der Waals surface area contributed by atoms with E-state index >= 15 is 0 Å². The lowest BCUT2D eigenvalue weighted by Crippen LogP contribution is -2.29. The zero-order valence-corrected chi connectivity index (χ0v) is 12.0. The van der Waals surface area contributed by atoms with Crippen LogP contribution in [0, 0.1) is 0 Å². The lowest BCUT2D eigenvalue weighted by atomic mass is 10.0. The van der Waals surface area contributed by atoms with Crippen LogP contribution in [0.4, 0.5) is 0 Å². The van der Waals surface area contributed by atoms with Crippen molar-refractivity contribution in [3.8, 4) is 5.75 Å². The van der Waals surface area contributed by atoms with Crippen LogP contribution in [0.5, 0.6) is 5.75 Å². The number of nitrogens with one attached hydrogen (secondary N) is 1. The van der Waals surface area contributed by atoms with E-state index in [-0.39, 0.29) is 6.04 Å². The Morgan fingerprint density at radius 1 is 1.37 bits per heavy atom. The SMILES string of the molecule is CCc1ccc(CC(NN)c2ccncc2OC)s1. The molecule has 0 amide bonds. The van der Waals surface area contributed by atoms with Crippen LogP contribution in [-0.4, -0.2) is 12.1 Å². The summed E-state index contributed by atoms with van der Waals surface area (Å²) in [4.78, 5) is 6.78. The molecule has 19 heavy (non-hydrogen) atoms. The Kier molecular flexibility index (Phi) is 4.90. The highest BCUT2D eigenvalue weighted by molar-refractivity contribution is 7.11. The van der Waals surface area contributed by atoms with Gasteiger partial charge in [-0.1, -0.05) is 6.92 Å². The number of hydrazine groups is 1. The fraction of sp³-hybridized carbons (Fsp3) is 0.357. The van der Waals surface area contributed by atoms with Crippen LogP contribution >= 0.6 is 11.3 Å². The molecule has 1 unspecified atom stereocenters. The summed E-state index contributed by atoms with van der Waals surface area (Å²) in [5.41, 5.74) is 3.90. The Bertz CT molecular complexity index is 527. The zero-order chi connectivity index (χ0) is 13.7. The molecule has 0 saturated carbocycles. The summed E-state index contributed by atoms with van der Waals surface area (Å²) >= 11 is 1.83. The predicted molar refractivity (Wildman–Crippen MR) is 78.3 cm³/mol. The summed E-state index contributed by atoms with van der Waals surface area (Å²) in [5, 5.41) is 0. The van der Waals surface area contributed by atoms with Crippen molar-refractivity contribution < 1.29 is 4.74 Å². The lowest BCUT2D eigenvalue weighted by molar-refractivity contribution is 0.397. The van der Waals surface area contributed by atoms with Gasteiger partial charge in [0.1, 0.15) is 5.75 Å². The normalized spacial score (nSPS) is 12.4. The van der Waals surface area contributed by atoms with E-state index in [1.807, 2.05) is 17.4 Å². The molecule has 102 valence electrons. The molecule has 4 nitrogen and oxygen atoms in total. The third kappa shape index (κ3) is 3.32. The maximum Gasteiger partial charge on any atom is 0.141 e. The van der Waals surface area contributed by atoms with E-state index in [1.165, 1.54) is 9.75 Å². The number of nitrogens with two attached hydrogens (primary N) is 1. The standard InChI is InChI=1S/C14H19N3OS/c1-3-10-4-5-11(19-10)8-13(17-15)12-6-7-16-9-14(12)18-2/h4-7,9,13,17H,3,8,15H2,1-2H3.